The van der Waals surface area contributed by atoms with Crippen molar-refractivity contribution in [2.24, 2.45) is 0 Å². The van der Waals surface area contributed by atoms with Crippen LogP contribution in [0.15, 0.2) is 60.8 Å². The summed E-state index contributed by atoms with van der Waals surface area (Å²) < 4.78 is 62.5. The molecule has 4 aromatic rings. The lowest BCUT2D eigenvalue weighted by atomic mass is 9.88. The van der Waals surface area contributed by atoms with Gasteiger partial charge in [0.25, 0.3) is 0 Å². The molecule has 9 nitrogen and oxygen atoms in total. The standard InChI is InChI=1S/C37H41ClF4N6O3/c1-22(2)47-14-12-46(13-15-47)16-17-51-31-9-7-27(21-30(31)39)44-35-43-11-10-32(45-35)48(36(49)50)34(33-24(4)18-23(3)19-25(33)5)28-20-26(37(40,41)42)6-8-29(28)38/h6-11,18-22,34H,12-17H2,1-5H3,(H,49,50)(H,43,44,45)/p-1. The molecule has 3 aromatic carbocycles. The molecule has 0 spiro atoms. The number of piperazine rings is 1. The largest absolute Gasteiger partial charge is 0.530 e. The number of aryl methyl sites for hydroxylation is 3. The van der Waals surface area contributed by atoms with Crippen molar-refractivity contribution in [3.63, 3.8) is 0 Å². The summed E-state index contributed by atoms with van der Waals surface area (Å²) in [5.74, 6) is -0.857. The van der Waals surface area contributed by atoms with Crippen molar-refractivity contribution in [1.29, 1.82) is 0 Å². The summed E-state index contributed by atoms with van der Waals surface area (Å²) in [7, 11) is 0. The Bertz CT molecular complexity index is 1840. The quantitative estimate of drug-likeness (QED) is 0.161. The van der Waals surface area contributed by atoms with Gasteiger partial charge >= 0.3 is 6.18 Å². The predicted molar refractivity (Wildman–Crippen MR) is 187 cm³/mol. The molecule has 1 aliphatic rings. The van der Waals surface area contributed by atoms with Crippen molar-refractivity contribution in [2.75, 3.05) is 49.5 Å². The Morgan fingerprint density at radius 1 is 1.02 bits per heavy atom. The number of carboxylic acid groups (broad SMARTS) is 1. The highest BCUT2D eigenvalue weighted by Crippen LogP contribution is 2.42. The van der Waals surface area contributed by atoms with Gasteiger partial charge in [-0.05, 0) is 93.3 Å². The first-order valence-corrected chi connectivity index (χ1v) is 16.9. The van der Waals surface area contributed by atoms with E-state index < -0.39 is 29.7 Å². The van der Waals surface area contributed by atoms with Gasteiger partial charge in [0, 0.05) is 61.7 Å². The lowest BCUT2D eigenvalue weighted by molar-refractivity contribution is -0.247. The summed E-state index contributed by atoms with van der Waals surface area (Å²) in [4.78, 5) is 26.9. The van der Waals surface area contributed by atoms with Crippen LogP contribution in [0.2, 0.25) is 5.02 Å². The third-order valence-corrected chi connectivity index (χ3v) is 9.31. The van der Waals surface area contributed by atoms with Crippen LogP contribution in [0.4, 0.5) is 39.8 Å². The Balaban J connectivity index is 1.41. The van der Waals surface area contributed by atoms with Crippen molar-refractivity contribution < 1.29 is 32.2 Å². The summed E-state index contributed by atoms with van der Waals surface area (Å²) in [5, 5.41) is 15.7. The smallest absolute Gasteiger partial charge is 0.416 e. The van der Waals surface area contributed by atoms with Gasteiger partial charge in [-0.2, -0.15) is 18.2 Å². The van der Waals surface area contributed by atoms with E-state index in [9.17, 15) is 23.1 Å². The molecule has 51 heavy (non-hydrogen) atoms. The number of benzene rings is 3. The molecule has 0 saturated carbocycles. The molecule has 0 bridgehead atoms. The molecular weight excluding hydrogens is 688 g/mol. The minimum Gasteiger partial charge on any atom is -0.530 e. The second-order valence-electron chi connectivity index (χ2n) is 12.9. The minimum atomic E-state index is -4.72. The molecular formula is C37H40ClF4N6O3-. The van der Waals surface area contributed by atoms with E-state index in [-0.39, 0.29) is 33.8 Å². The average Bonchev–Trinajstić information content (AvgIpc) is 3.05. The molecule has 1 aliphatic heterocycles. The molecule has 1 N–H and O–H groups in total. The van der Waals surface area contributed by atoms with Crippen LogP contribution in [-0.4, -0.2) is 71.2 Å². The maximum absolute atomic E-state index is 15.1. The number of hydrogen-bond donors (Lipinski definition) is 1. The van der Waals surface area contributed by atoms with Gasteiger partial charge in [0.1, 0.15) is 18.5 Å². The van der Waals surface area contributed by atoms with Gasteiger partial charge < -0.3 is 24.9 Å². The fourth-order valence-electron chi connectivity index (χ4n) is 6.46. The number of anilines is 3. The summed E-state index contributed by atoms with van der Waals surface area (Å²) in [6, 6.07) is 11.0. The maximum atomic E-state index is 15.1. The molecule has 0 aliphatic carbocycles. The molecule has 0 radical (unpaired) electrons. The normalized spacial score (nSPS) is 14.8. The highest BCUT2D eigenvalue weighted by atomic mass is 35.5. The number of alkyl halides is 3. The second kappa shape index (κ2) is 15.8. The first kappa shape index (κ1) is 37.8. The number of rotatable bonds is 11. The zero-order chi connectivity index (χ0) is 37.0. The number of carbonyl (C=O) groups is 1. The van der Waals surface area contributed by atoms with E-state index in [1.54, 1.807) is 32.0 Å². The van der Waals surface area contributed by atoms with Crippen LogP contribution in [0.3, 0.4) is 0 Å². The van der Waals surface area contributed by atoms with Gasteiger partial charge in [-0.25, -0.2) is 9.37 Å². The molecule has 5 rings (SSSR count). The van der Waals surface area contributed by atoms with Crippen molar-refractivity contribution in [2.45, 2.75) is 52.9 Å². The summed E-state index contributed by atoms with van der Waals surface area (Å²) >= 11 is 6.51. The van der Waals surface area contributed by atoms with Crippen LogP contribution in [0.1, 0.15) is 53.3 Å². The lowest BCUT2D eigenvalue weighted by Crippen LogP contribution is -2.49. The Kier molecular flexibility index (Phi) is 11.7. The van der Waals surface area contributed by atoms with Crippen LogP contribution < -0.4 is 20.1 Å². The third-order valence-electron chi connectivity index (χ3n) is 8.96. The Labute approximate surface area is 299 Å². The fourth-order valence-corrected chi connectivity index (χ4v) is 6.68. The number of nitrogens with zero attached hydrogens (tertiary/aromatic N) is 5. The number of nitrogens with one attached hydrogen (secondary N) is 1. The number of carbonyl (C=O) groups excluding carboxylic acids is 1. The molecule has 1 fully saturated rings. The molecule has 1 aromatic heterocycles. The summed E-state index contributed by atoms with van der Waals surface area (Å²) in [5.41, 5.74) is 1.66. The predicted octanol–water partition coefficient (Wildman–Crippen LogP) is 7.30. The lowest BCUT2D eigenvalue weighted by Gasteiger charge is -2.36. The van der Waals surface area contributed by atoms with Crippen LogP contribution in [-0.2, 0) is 6.18 Å². The zero-order valence-electron chi connectivity index (χ0n) is 29.0. The molecule has 1 amide bonds. The molecule has 272 valence electrons. The van der Waals surface area contributed by atoms with E-state index in [4.69, 9.17) is 16.3 Å². The second-order valence-corrected chi connectivity index (χ2v) is 13.3. The minimum absolute atomic E-state index is 0.0730. The molecule has 14 heteroatoms. The van der Waals surface area contributed by atoms with E-state index in [0.717, 1.165) is 54.8 Å². The first-order valence-electron chi connectivity index (χ1n) is 16.6. The van der Waals surface area contributed by atoms with Crippen molar-refractivity contribution in [1.82, 2.24) is 19.8 Å². The maximum Gasteiger partial charge on any atom is 0.416 e. The molecule has 1 saturated heterocycles. The average molecular weight is 728 g/mol. The third kappa shape index (κ3) is 9.07. The summed E-state index contributed by atoms with van der Waals surface area (Å²) in [6.45, 7) is 14.4. The molecule has 1 unspecified atom stereocenters. The van der Waals surface area contributed by atoms with Crippen LogP contribution in [0, 0.1) is 26.6 Å². The van der Waals surface area contributed by atoms with Crippen LogP contribution in [0.5, 0.6) is 5.75 Å². The highest BCUT2D eigenvalue weighted by molar-refractivity contribution is 6.31. The van der Waals surface area contributed by atoms with Crippen molar-refractivity contribution in [3.8, 4) is 5.75 Å². The zero-order valence-corrected chi connectivity index (χ0v) is 29.8. The van der Waals surface area contributed by atoms with Crippen molar-refractivity contribution >= 4 is 35.1 Å². The van der Waals surface area contributed by atoms with Crippen LogP contribution in [0.25, 0.3) is 0 Å². The van der Waals surface area contributed by atoms with E-state index in [2.05, 4.69) is 38.9 Å². The van der Waals surface area contributed by atoms with Gasteiger partial charge in [0.2, 0.25) is 5.95 Å². The number of amides is 1. The van der Waals surface area contributed by atoms with E-state index in [1.165, 1.54) is 24.4 Å². The number of aromatic nitrogens is 2. The van der Waals surface area contributed by atoms with E-state index in [0.29, 0.717) is 35.9 Å². The Morgan fingerprint density at radius 2 is 1.71 bits per heavy atom. The van der Waals surface area contributed by atoms with Gasteiger partial charge in [-0.15, -0.1) is 0 Å². The number of halogens is 5. The van der Waals surface area contributed by atoms with Gasteiger partial charge in [-0.1, -0.05) is 29.3 Å². The number of hydrogen-bond acceptors (Lipinski definition) is 8. The fraction of sp³-hybridized carbons (Fsp3) is 0.378. The highest BCUT2D eigenvalue weighted by Gasteiger charge is 2.35. The summed E-state index contributed by atoms with van der Waals surface area (Å²) in [6.07, 6.45) is -5.19. The van der Waals surface area contributed by atoms with Crippen molar-refractivity contribution in [3.05, 3.63) is 105 Å². The van der Waals surface area contributed by atoms with E-state index >= 15 is 4.39 Å². The monoisotopic (exact) mass is 727 g/mol. The first-order chi connectivity index (χ1) is 24.1. The number of ether oxygens (including phenoxy) is 1. The van der Waals surface area contributed by atoms with Gasteiger partial charge in [0.15, 0.2) is 11.6 Å². The van der Waals surface area contributed by atoms with Gasteiger partial charge in [-0.3, -0.25) is 9.80 Å². The molecule has 1 atom stereocenters. The topological polar surface area (TPSA) is 96.9 Å². The Morgan fingerprint density at radius 3 is 2.31 bits per heavy atom. The Hall–Kier alpha value is -4.46. The SMILES string of the molecule is Cc1cc(C)c(C(c2cc(C(F)(F)F)ccc2Cl)N(C(=O)[O-])c2ccnc(Nc3ccc(OCCN4CCN(C(C)C)CC4)c(F)c3)n2)c(C)c1. The molecule has 2 heterocycles. The van der Waals surface area contributed by atoms with E-state index in [1.807, 2.05) is 6.92 Å². The van der Waals surface area contributed by atoms with Crippen LogP contribution >= 0.6 is 11.6 Å². The van der Waals surface area contributed by atoms with Gasteiger partial charge in [0.05, 0.1) is 11.6 Å².